The van der Waals surface area contributed by atoms with Crippen molar-refractivity contribution in [2.75, 3.05) is 0 Å². The molecule has 1 aromatic rings. The fraction of sp³-hybridized carbons (Fsp3) is 0.467. The van der Waals surface area contributed by atoms with Crippen LogP contribution < -0.4 is 0 Å². The molecule has 0 amide bonds. The molecule has 1 aromatic carbocycles. The summed E-state index contributed by atoms with van der Waals surface area (Å²) in [6.45, 7) is 10.8. The number of rotatable bonds is 0. The third-order valence-electron chi connectivity index (χ3n) is 2.64. The lowest BCUT2D eigenvalue weighted by molar-refractivity contribution is 0.567. The molecule has 0 heteroatoms. The SMILES string of the molecule is CC.CC(C)(C)C1=CCc2ccccc21. The Morgan fingerprint density at radius 1 is 1.00 bits per heavy atom. The molecule has 0 saturated heterocycles. The summed E-state index contributed by atoms with van der Waals surface area (Å²) in [7, 11) is 0. The molecular formula is C15H22. The molecule has 0 radical (unpaired) electrons. The highest BCUT2D eigenvalue weighted by Crippen LogP contribution is 2.39. The van der Waals surface area contributed by atoms with Crippen LogP contribution in [0.5, 0.6) is 0 Å². The normalized spacial score (nSPS) is 13.8. The van der Waals surface area contributed by atoms with Crippen molar-refractivity contribution < 1.29 is 0 Å². The van der Waals surface area contributed by atoms with Crippen molar-refractivity contribution in [2.45, 2.75) is 41.0 Å². The van der Waals surface area contributed by atoms with Gasteiger partial charge in [0, 0.05) is 0 Å². The summed E-state index contributed by atoms with van der Waals surface area (Å²) < 4.78 is 0. The Balaban J connectivity index is 0.000000531. The van der Waals surface area contributed by atoms with Crippen LogP contribution in [-0.2, 0) is 6.42 Å². The zero-order chi connectivity index (χ0) is 11.5. The lowest BCUT2D eigenvalue weighted by atomic mass is 9.83. The molecule has 0 aliphatic heterocycles. The van der Waals surface area contributed by atoms with Crippen molar-refractivity contribution in [1.29, 1.82) is 0 Å². The van der Waals surface area contributed by atoms with Crippen molar-refractivity contribution in [3.05, 3.63) is 41.5 Å². The fourth-order valence-electron chi connectivity index (χ4n) is 1.99. The highest BCUT2D eigenvalue weighted by atomic mass is 14.3. The van der Waals surface area contributed by atoms with Crippen LogP contribution in [0.2, 0.25) is 0 Å². The molecule has 0 saturated carbocycles. The summed E-state index contributed by atoms with van der Waals surface area (Å²) in [6.07, 6.45) is 3.48. The van der Waals surface area contributed by atoms with Gasteiger partial charge in [-0.3, -0.25) is 0 Å². The zero-order valence-corrected chi connectivity index (χ0v) is 10.6. The molecular weight excluding hydrogens is 180 g/mol. The Morgan fingerprint density at radius 2 is 1.60 bits per heavy atom. The molecule has 0 unspecified atom stereocenters. The van der Waals surface area contributed by atoms with E-state index in [1.807, 2.05) is 13.8 Å². The molecule has 15 heavy (non-hydrogen) atoms. The van der Waals surface area contributed by atoms with Crippen LogP contribution in [0.25, 0.3) is 5.57 Å². The Kier molecular flexibility index (Phi) is 3.73. The Labute approximate surface area is 94.0 Å². The van der Waals surface area contributed by atoms with Crippen molar-refractivity contribution >= 4 is 5.57 Å². The second-order valence-electron chi connectivity index (χ2n) is 4.73. The summed E-state index contributed by atoms with van der Waals surface area (Å²) in [5, 5.41) is 0. The third-order valence-corrected chi connectivity index (χ3v) is 2.64. The first kappa shape index (κ1) is 12.0. The van der Waals surface area contributed by atoms with Gasteiger partial charge in [-0.25, -0.2) is 0 Å². The zero-order valence-electron chi connectivity index (χ0n) is 10.6. The highest BCUT2D eigenvalue weighted by molar-refractivity contribution is 5.76. The third kappa shape index (κ3) is 2.50. The van der Waals surface area contributed by atoms with E-state index < -0.39 is 0 Å². The van der Waals surface area contributed by atoms with Gasteiger partial charge in [-0.1, -0.05) is 65.0 Å². The van der Waals surface area contributed by atoms with Crippen molar-refractivity contribution in [3.8, 4) is 0 Å². The van der Waals surface area contributed by atoms with Crippen LogP contribution in [0.4, 0.5) is 0 Å². The van der Waals surface area contributed by atoms with Crippen molar-refractivity contribution in [2.24, 2.45) is 5.41 Å². The van der Waals surface area contributed by atoms with E-state index in [-0.39, 0.29) is 5.41 Å². The van der Waals surface area contributed by atoms with Gasteiger partial charge in [-0.15, -0.1) is 0 Å². The molecule has 1 aliphatic rings. The maximum absolute atomic E-state index is 2.37. The highest BCUT2D eigenvalue weighted by Gasteiger charge is 2.23. The Morgan fingerprint density at radius 3 is 2.20 bits per heavy atom. The molecule has 0 nitrogen and oxygen atoms in total. The summed E-state index contributed by atoms with van der Waals surface area (Å²) in [5.74, 6) is 0. The van der Waals surface area contributed by atoms with Crippen LogP contribution >= 0.6 is 0 Å². The van der Waals surface area contributed by atoms with Gasteiger partial charge in [0.2, 0.25) is 0 Å². The first-order valence-corrected chi connectivity index (χ1v) is 5.88. The van der Waals surface area contributed by atoms with E-state index in [4.69, 9.17) is 0 Å². The molecule has 0 N–H and O–H groups in total. The van der Waals surface area contributed by atoms with Gasteiger partial charge >= 0.3 is 0 Å². The van der Waals surface area contributed by atoms with Gasteiger partial charge in [0.05, 0.1) is 0 Å². The van der Waals surface area contributed by atoms with E-state index in [2.05, 4.69) is 51.1 Å². The average Bonchev–Trinajstić information content (AvgIpc) is 2.63. The first-order valence-electron chi connectivity index (χ1n) is 5.88. The van der Waals surface area contributed by atoms with Gasteiger partial charge < -0.3 is 0 Å². The molecule has 0 fully saturated rings. The smallest absolute Gasteiger partial charge is 0.00852 e. The number of hydrogen-bond acceptors (Lipinski definition) is 0. The monoisotopic (exact) mass is 202 g/mol. The summed E-state index contributed by atoms with van der Waals surface area (Å²) in [6, 6.07) is 8.71. The van der Waals surface area contributed by atoms with E-state index in [1.165, 1.54) is 16.7 Å². The van der Waals surface area contributed by atoms with Crippen LogP contribution in [0.1, 0.15) is 45.7 Å². The quantitative estimate of drug-likeness (QED) is 0.572. The minimum atomic E-state index is 0.284. The molecule has 0 aromatic heterocycles. The Hall–Kier alpha value is -1.04. The van der Waals surface area contributed by atoms with Crippen molar-refractivity contribution in [1.82, 2.24) is 0 Å². The van der Waals surface area contributed by atoms with E-state index in [1.54, 1.807) is 0 Å². The van der Waals surface area contributed by atoms with Crippen LogP contribution in [0.15, 0.2) is 30.3 Å². The largest absolute Gasteiger partial charge is 0.0758 e. The lowest BCUT2D eigenvalue weighted by Crippen LogP contribution is -2.06. The number of fused-ring (bicyclic) bond motifs is 1. The second kappa shape index (κ2) is 4.65. The summed E-state index contributed by atoms with van der Waals surface area (Å²) in [5.41, 5.74) is 4.72. The molecule has 0 spiro atoms. The number of hydrogen-bond donors (Lipinski definition) is 0. The lowest BCUT2D eigenvalue weighted by Gasteiger charge is -2.21. The van der Waals surface area contributed by atoms with Gasteiger partial charge in [-0.2, -0.15) is 0 Å². The Bertz CT molecular complexity index is 351. The van der Waals surface area contributed by atoms with E-state index in [9.17, 15) is 0 Å². The maximum Gasteiger partial charge on any atom is -0.00852 e. The predicted molar refractivity (Wildman–Crippen MR) is 68.9 cm³/mol. The van der Waals surface area contributed by atoms with Crippen LogP contribution in [0.3, 0.4) is 0 Å². The predicted octanol–water partition coefficient (Wildman–Crippen LogP) is 4.70. The van der Waals surface area contributed by atoms with E-state index >= 15 is 0 Å². The minimum Gasteiger partial charge on any atom is -0.0758 e. The average molecular weight is 202 g/mol. The van der Waals surface area contributed by atoms with E-state index in [0.717, 1.165) is 6.42 Å². The molecule has 0 atom stereocenters. The van der Waals surface area contributed by atoms with Crippen LogP contribution in [0, 0.1) is 5.41 Å². The molecule has 1 aliphatic carbocycles. The van der Waals surface area contributed by atoms with Gasteiger partial charge in [0.25, 0.3) is 0 Å². The molecule has 2 rings (SSSR count). The first-order chi connectivity index (χ1) is 7.09. The van der Waals surface area contributed by atoms with Gasteiger partial charge in [0.1, 0.15) is 0 Å². The topological polar surface area (TPSA) is 0 Å². The van der Waals surface area contributed by atoms with Gasteiger partial charge in [-0.05, 0) is 28.5 Å². The fourth-order valence-corrected chi connectivity index (χ4v) is 1.99. The molecule has 0 heterocycles. The molecule has 82 valence electrons. The standard InChI is InChI=1S/C13H16.C2H6/c1-13(2,3)12-9-8-10-6-4-5-7-11(10)12;1-2/h4-7,9H,8H2,1-3H3;1-2H3. The second-order valence-corrected chi connectivity index (χ2v) is 4.73. The van der Waals surface area contributed by atoms with Crippen molar-refractivity contribution in [3.63, 3.8) is 0 Å². The van der Waals surface area contributed by atoms with E-state index in [0.29, 0.717) is 0 Å². The van der Waals surface area contributed by atoms with Gasteiger partial charge in [0.15, 0.2) is 0 Å². The maximum atomic E-state index is 2.37. The minimum absolute atomic E-state index is 0.284. The number of benzene rings is 1. The van der Waals surface area contributed by atoms with Crippen LogP contribution in [-0.4, -0.2) is 0 Å². The number of allylic oxidation sites excluding steroid dienone is 2. The molecule has 0 bridgehead atoms. The summed E-state index contributed by atoms with van der Waals surface area (Å²) >= 11 is 0. The summed E-state index contributed by atoms with van der Waals surface area (Å²) in [4.78, 5) is 0.